The van der Waals surface area contributed by atoms with Gasteiger partial charge in [-0.3, -0.25) is 0 Å². The van der Waals surface area contributed by atoms with Crippen LogP contribution in [0.3, 0.4) is 0 Å². The molecule has 0 aliphatic heterocycles. The Hall–Kier alpha value is -1.29. The molecular weight excluding hydrogens is 388 g/mol. The van der Waals surface area contributed by atoms with Gasteiger partial charge in [0.15, 0.2) is 5.13 Å². The fraction of sp³-hybridized carbons (Fsp3) is 0.529. The smallest absolute Gasteiger partial charge is 0.246 e. The second-order valence-electron chi connectivity index (χ2n) is 6.23. The Labute approximate surface area is 162 Å². The number of benzene rings is 1. The predicted molar refractivity (Wildman–Crippen MR) is 111 cm³/mol. The first-order valence-corrected chi connectivity index (χ1v) is 12.0. The van der Waals surface area contributed by atoms with Crippen molar-refractivity contribution >= 4 is 58.4 Å². The number of hydrogen-bond donors (Lipinski definition) is 1. The van der Waals surface area contributed by atoms with E-state index in [0.717, 1.165) is 51.1 Å². The Morgan fingerprint density at radius 3 is 2.19 bits per heavy atom. The fourth-order valence-corrected chi connectivity index (χ4v) is 6.20. The van der Waals surface area contributed by atoms with Crippen molar-refractivity contribution in [2.24, 2.45) is 0 Å². The number of nitrogens with one attached hydrogen (secondary N) is 1. The molecule has 2 heterocycles. The van der Waals surface area contributed by atoms with Gasteiger partial charge in [-0.05, 0) is 31.9 Å². The van der Waals surface area contributed by atoms with Crippen LogP contribution in [0.1, 0.15) is 44.5 Å². The zero-order chi connectivity index (χ0) is 18.7. The van der Waals surface area contributed by atoms with Gasteiger partial charge in [0, 0.05) is 13.1 Å². The van der Waals surface area contributed by atoms with Gasteiger partial charge in [0.2, 0.25) is 0 Å². The van der Waals surface area contributed by atoms with Crippen molar-refractivity contribution in [3.05, 3.63) is 17.1 Å². The lowest BCUT2D eigenvalue weighted by Crippen LogP contribution is -2.37. The van der Waals surface area contributed by atoms with Crippen LogP contribution in [0.2, 0.25) is 0 Å². The van der Waals surface area contributed by atoms with Crippen LogP contribution in [0.5, 0.6) is 0 Å². The molecule has 0 saturated heterocycles. The number of hydrogen-bond acceptors (Lipinski definition) is 6. The molecule has 9 heteroatoms. The number of aryl methyl sites for hydroxylation is 1. The van der Waals surface area contributed by atoms with Crippen molar-refractivity contribution in [1.82, 2.24) is 14.3 Å². The van der Waals surface area contributed by atoms with E-state index < -0.39 is 10.2 Å². The van der Waals surface area contributed by atoms with Crippen LogP contribution in [0, 0.1) is 6.92 Å². The highest BCUT2D eigenvalue weighted by molar-refractivity contribution is 7.90. The summed E-state index contributed by atoms with van der Waals surface area (Å²) >= 11 is 2.99. The molecule has 0 bridgehead atoms. The van der Waals surface area contributed by atoms with E-state index in [2.05, 4.69) is 28.5 Å². The van der Waals surface area contributed by atoms with Crippen LogP contribution in [0.25, 0.3) is 20.4 Å². The van der Waals surface area contributed by atoms with Crippen LogP contribution < -0.4 is 4.72 Å². The van der Waals surface area contributed by atoms with Gasteiger partial charge in [-0.1, -0.05) is 38.0 Å². The standard InChI is InChI=1S/C17H24N4O2S3/c1-4-6-10-21(11-7-5-2)26(22,23)20-17-19-14-9-8-13-15(16(14)25-17)24-12(3)18-13/h8-9H,4-7,10-11H2,1-3H3,(H,19,20). The summed E-state index contributed by atoms with van der Waals surface area (Å²) in [7, 11) is -3.60. The summed E-state index contributed by atoms with van der Waals surface area (Å²) in [5.74, 6) is 0. The van der Waals surface area contributed by atoms with Gasteiger partial charge in [0.25, 0.3) is 0 Å². The van der Waals surface area contributed by atoms with Gasteiger partial charge in [0.1, 0.15) is 0 Å². The van der Waals surface area contributed by atoms with Gasteiger partial charge >= 0.3 is 10.2 Å². The molecule has 0 saturated carbocycles. The van der Waals surface area contributed by atoms with Gasteiger partial charge in [0.05, 0.1) is 25.4 Å². The van der Waals surface area contributed by atoms with Crippen molar-refractivity contribution < 1.29 is 8.42 Å². The lowest BCUT2D eigenvalue weighted by molar-refractivity contribution is 0.398. The minimum absolute atomic E-state index is 0.413. The van der Waals surface area contributed by atoms with Crippen LogP contribution in [0.15, 0.2) is 12.1 Å². The first-order chi connectivity index (χ1) is 12.4. The highest BCUT2D eigenvalue weighted by Crippen LogP contribution is 2.36. The first kappa shape index (κ1) is 19.5. The molecule has 0 aliphatic rings. The van der Waals surface area contributed by atoms with Crippen molar-refractivity contribution in [3.8, 4) is 0 Å². The molecule has 0 radical (unpaired) electrons. The molecule has 1 aromatic carbocycles. The molecule has 0 atom stereocenters. The largest absolute Gasteiger partial charge is 0.303 e. The van der Waals surface area contributed by atoms with E-state index in [0.29, 0.717) is 18.2 Å². The molecule has 6 nitrogen and oxygen atoms in total. The second-order valence-corrected chi connectivity index (χ2v) is 10.1. The number of nitrogens with zero attached hydrogens (tertiary/aromatic N) is 3. The van der Waals surface area contributed by atoms with Crippen LogP contribution in [-0.4, -0.2) is 35.8 Å². The van der Waals surface area contributed by atoms with E-state index in [1.807, 2.05) is 19.1 Å². The Morgan fingerprint density at radius 2 is 1.58 bits per heavy atom. The van der Waals surface area contributed by atoms with Crippen LogP contribution in [-0.2, 0) is 10.2 Å². The van der Waals surface area contributed by atoms with Crippen molar-refractivity contribution in [2.45, 2.75) is 46.5 Å². The van der Waals surface area contributed by atoms with Gasteiger partial charge < -0.3 is 0 Å². The number of aromatic nitrogens is 2. The summed E-state index contributed by atoms with van der Waals surface area (Å²) in [4.78, 5) is 8.97. The van der Waals surface area contributed by atoms with Crippen molar-refractivity contribution in [3.63, 3.8) is 0 Å². The predicted octanol–water partition coefficient (Wildman–Crippen LogP) is 4.77. The molecule has 0 fully saturated rings. The number of anilines is 1. The Bertz CT molecular complexity index is 986. The van der Waals surface area contributed by atoms with E-state index in [9.17, 15) is 8.42 Å². The summed E-state index contributed by atoms with van der Waals surface area (Å²) in [5, 5.41) is 1.41. The molecule has 0 spiro atoms. The molecule has 3 aromatic rings. The average molecular weight is 413 g/mol. The zero-order valence-electron chi connectivity index (χ0n) is 15.3. The van der Waals surface area contributed by atoms with Gasteiger partial charge in [-0.2, -0.15) is 12.7 Å². The lowest BCUT2D eigenvalue weighted by Gasteiger charge is -2.21. The third-order valence-corrected chi connectivity index (χ3v) is 7.86. The van der Waals surface area contributed by atoms with Crippen LogP contribution in [0.4, 0.5) is 5.13 Å². The third-order valence-electron chi connectivity index (χ3n) is 4.10. The van der Waals surface area contributed by atoms with Crippen molar-refractivity contribution in [2.75, 3.05) is 17.8 Å². The summed E-state index contributed by atoms with van der Waals surface area (Å²) in [6.07, 6.45) is 3.63. The highest BCUT2D eigenvalue weighted by atomic mass is 32.2. The minimum Gasteiger partial charge on any atom is -0.246 e. The topological polar surface area (TPSA) is 75.2 Å². The maximum Gasteiger partial charge on any atom is 0.303 e. The molecule has 26 heavy (non-hydrogen) atoms. The lowest BCUT2D eigenvalue weighted by atomic mass is 10.3. The maximum atomic E-state index is 12.8. The van der Waals surface area contributed by atoms with Gasteiger partial charge in [-0.25, -0.2) is 14.7 Å². The van der Waals surface area contributed by atoms with Crippen LogP contribution >= 0.6 is 22.7 Å². The maximum absolute atomic E-state index is 12.8. The molecule has 1 N–H and O–H groups in total. The van der Waals surface area contributed by atoms with E-state index in [4.69, 9.17) is 0 Å². The van der Waals surface area contributed by atoms with Gasteiger partial charge in [-0.15, -0.1) is 11.3 Å². The average Bonchev–Trinajstić information content (AvgIpc) is 3.15. The number of fused-ring (bicyclic) bond motifs is 3. The van der Waals surface area contributed by atoms with E-state index in [1.165, 1.54) is 11.3 Å². The normalized spacial score (nSPS) is 12.5. The first-order valence-electron chi connectivity index (χ1n) is 8.89. The number of rotatable bonds is 9. The molecule has 0 aliphatic carbocycles. The van der Waals surface area contributed by atoms with Crippen molar-refractivity contribution in [1.29, 1.82) is 0 Å². The van der Waals surface area contributed by atoms with E-state index in [-0.39, 0.29) is 0 Å². The Kier molecular flexibility index (Phi) is 6.11. The summed E-state index contributed by atoms with van der Waals surface area (Å²) in [6, 6.07) is 3.84. The SMILES string of the molecule is CCCCN(CCCC)S(=O)(=O)Nc1nc2ccc3nc(C)sc3c2s1. The second kappa shape index (κ2) is 8.16. The molecule has 3 rings (SSSR count). The summed E-state index contributed by atoms with van der Waals surface area (Å²) in [5.41, 5.74) is 1.74. The molecular formula is C17H24N4O2S3. The molecule has 0 amide bonds. The number of unbranched alkanes of at least 4 members (excludes halogenated alkanes) is 2. The fourth-order valence-electron chi connectivity index (χ4n) is 2.72. The third kappa shape index (κ3) is 4.16. The molecule has 2 aromatic heterocycles. The van der Waals surface area contributed by atoms with E-state index >= 15 is 0 Å². The zero-order valence-corrected chi connectivity index (χ0v) is 17.7. The summed E-state index contributed by atoms with van der Waals surface area (Å²) < 4.78 is 31.9. The highest BCUT2D eigenvalue weighted by Gasteiger charge is 2.23. The minimum atomic E-state index is -3.60. The monoisotopic (exact) mass is 412 g/mol. The Balaban J connectivity index is 1.89. The molecule has 0 unspecified atom stereocenters. The number of thiazole rings is 2. The summed E-state index contributed by atoms with van der Waals surface area (Å²) in [6.45, 7) is 7.17. The Morgan fingerprint density at radius 1 is 1.00 bits per heavy atom. The quantitative estimate of drug-likeness (QED) is 0.549. The molecule has 142 valence electrons. The van der Waals surface area contributed by atoms with E-state index in [1.54, 1.807) is 15.6 Å².